The van der Waals surface area contributed by atoms with Gasteiger partial charge in [0.2, 0.25) is 0 Å². The zero-order chi connectivity index (χ0) is 15.2. The van der Waals surface area contributed by atoms with E-state index in [9.17, 15) is 9.59 Å². The molecule has 5 heteroatoms. The largest absolute Gasteiger partial charge is 0.478 e. The molecule has 2 rings (SSSR count). The van der Waals surface area contributed by atoms with E-state index in [-0.39, 0.29) is 5.97 Å². The van der Waals surface area contributed by atoms with Crippen LogP contribution in [0.15, 0.2) is 46.9 Å². The normalized spacial score (nSPS) is 10.7. The molecule has 1 aromatic heterocycles. The minimum Gasteiger partial charge on any atom is -0.478 e. The molecule has 0 unspecified atom stereocenters. The third-order valence-corrected chi connectivity index (χ3v) is 2.70. The first-order valence-corrected chi connectivity index (χ1v) is 6.38. The van der Waals surface area contributed by atoms with Crippen LogP contribution in [-0.4, -0.2) is 23.7 Å². The van der Waals surface area contributed by atoms with Crippen LogP contribution in [0.2, 0.25) is 0 Å². The Morgan fingerprint density at radius 1 is 1.19 bits per heavy atom. The molecule has 5 nitrogen and oxygen atoms in total. The summed E-state index contributed by atoms with van der Waals surface area (Å²) in [6.45, 7) is 2.08. The predicted octanol–water partition coefficient (Wildman–Crippen LogP) is 3.22. The Kier molecular flexibility index (Phi) is 4.56. The van der Waals surface area contributed by atoms with E-state index in [0.29, 0.717) is 23.7 Å². The van der Waals surface area contributed by atoms with Crippen LogP contribution >= 0.6 is 0 Å². The molecule has 0 fully saturated rings. The fraction of sp³-hybridized carbons (Fsp3) is 0.125. The maximum Gasteiger partial charge on any atom is 0.338 e. The molecule has 0 bridgehead atoms. The van der Waals surface area contributed by atoms with Gasteiger partial charge in [0, 0.05) is 11.6 Å². The van der Waals surface area contributed by atoms with Crippen molar-refractivity contribution in [3.8, 4) is 11.3 Å². The number of furan rings is 1. The van der Waals surface area contributed by atoms with Crippen molar-refractivity contribution in [2.45, 2.75) is 6.92 Å². The summed E-state index contributed by atoms with van der Waals surface area (Å²) >= 11 is 0. The summed E-state index contributed by atoms with van der Waals surface area (Å²) in [6.07, 6.45) is 2.38. The second-order valence-corrected chi connectivity index (χ2v) is 4.17. The van der Waals surface area contributed by atoms with E-state index in [1.165, 1.54) is 6.08 Å². The van der Waals surface area contributed by atoms with E-state index in [4.69, 9.17) is 14.3 Å². The molecule has 1 aromatic carbocycles. The smallest absolute Gasteiger partial charge is 0.338 e. The first-order valence-electron chi connectivity index (χ1n) is 6.38. The van der Waals surface area contributed by atoms with Gasteiger partial charge in [-0.15, -0.1) is 0 Å². The van der Waals surface area contributed by atoms with Gasteiger partial charge in [0.25, 0.3) is 0 Å². The molecule has 108 valence electrons. The summed E-state index contributed by atoms with van der Waals surface area (Å²) in [6, 6.07) is 10.2. The lowest BCUT2D eigenvalue weighted by atomic mass is 10.1. The van der Waals surface area contributed by atoms with E-state index >= 15 is 0 Å². The second-order valence-electron chi connectivity index (χ2n) is 4.17. The Morgan fingerprint density at radius 2 is 1.90 bits per heavy atom. The topological polar surface area (TPSA) is 76.7 Å². The van der Waals surface area contributed by atoms with Crippen molar-refractivity contribution in [1.29, 1.82) is 0 Å². The maximum absolute atomic E-state index is 11.5. The zero-order valence-corrected chi connectivity index (χ0v) is 11.4. The van der Waals surface area contributed by atoms with Crippen molar-refractivity contribution >= 4 is 18.0 Å². The Morgan fingerprint density at radius 3 is 2.52 bits per heavy atom. The molecule has 0 aliphatic carbocycles. The van der Waals surface area contributed by atoms with Crippen molar-refractivity contribution in [3.63, 3.8) is 0 Å². The summed E-state index contributed by atoms with van der Waals surface area (Å²) in [5.41, 5.74) is 1.26. The van der Waals surface area contributed by atoms with Crippen molar-refractivity contribution in [2.75, 3.05) is 6.61 Å². The Labute approximate surface area is 121 Å². The zero-order valence-electron chi connectivity index (χ0n) is 11.4. The number of benzene rings is 1. The van der Waals surface area contributed by atoms with E-state index < -0.39 is 5.97 Å². The molecule has 21 heavy (non-hydrogen) atoms. The van der Waals surface area contributed by atoms with Gasteiger partial charge in [-0.3, -0.25) is 0 Å². The summed E-state index contributed by atoms with van der Waals surface area (Å²) in [4.78, 5) is 22.0. The van der Waals surface area contributed by atoms with Gasteiger partial charge >= 0.3 is 11.9 Å². The highest BCUT2D eigenvalue weighted by molar-refractivity contribution is 5.90. The Balaban J connectivity index is 2.15. The lowest BCUT2D eigenvalue weighted by molar-refractivity contribution is -0.131. The molecule has 0 saturated carbocycles. The summed E-state index contributed by atoms with van der Waals surface area (Å²) in [5.74, 6) is -0.363. The summed E-state index contributed by atoms with van der Waals surface area (Å²) in [5, 5.41) is 8.55. The highest BCUT2D eigenvalue weighted by Crippen LogP contribution is 2.23. The third-order valence-electron chi connectivity index (χ3n) is 2.70. The monoisotopic (exact) mass is 286 g/mol. The standard InChI is InChI=1S/C16H14O5/c1-2-20-16(19)12-5-3-11(4-6-12)14-9-7-13(21-14)8-10-15(17)18/h3-10H,2H2,1H3,(H,17,18)/b10-8+. The van der Waals surface area contributed by atoms with Crippen LogP contribution < -0.4 is 0 Å². The number of carbonyl (C=O) groups excluding carboxylic acids is 1. The number of esters is 1. The van der Waals surface area contributed by atoms with Crippen molar-refractivity contribution in [1.82, 2.24) is 0 Å². The number of carboxylic acids is 1. The summed E-state index contributed by atoms with van der Waals surface area (Å²) in [7, 11) is 0. The molecule has 0 aliphatic heterocycles. The van der Waals surface area contributed by atoms with Gasteiger partial charge in [-0.2, -0.15) is 0 Å². The van der Waals surface area contributed by atoms with E-state index in [2.05, 4.69) is 0 Å². The van der Waals surface area contributed by atoms with Crippen LogP contribution in [0.3, 0.4) is 0 Å². The number of carbonyl (C=O) groups is 2. The van der Waals surface area contributed by atoms with Gasteiger partial charge in [0.05, 0.1) is 12.2 Å². The average Bonchev–Trinajstić information content (AvgIpc) is 2.94. The van der Waals surface area contributed by atoms with E-state index in [1.54, 1.807) is 43.3 Å². The Hall–Kier alpha value is -2.82. The molecule has 0 saturated heterocycles. The fourth-order valence-electron chi connectivity index (χ4n) is 1.74. The molecule has 0 aliphatic rings. The predicted molar refractivity (Wildman–Crippen MR) is 76.8 cm³/mol. The first-order chi connectivity index (χ1) is 10.1. The summed E-state index contributed by atoms with van der Waals surface area (Å²) < 4.78 is 10.4. The number of ether oxygens (including phenoxy) is 1. The minimum absolute atomic E-state index is 0.331. The van der Waals surface area contributed by atoms with Gasteiger partial charge in [-0.1, -0.05) is 12.1 Å². The number of rotatable bonds is 5. The molecule has 0 atom stereocenters. The molecule has 1 N–H and O–H groups in total. The second kappa shape index (κ2) is 6.56. The van der Waals surface area contributed by atoms with Gasteiger partial charge in [-0.05, 0) is 37.3 Å². The lowest BCUT2D eigenvalue weighted by Gasteiger charge is -2.02. The third kappa shape index (κ3) is 3.82. The number of carboxylic acid groups (broad SMARTS) is 1. The van der Waals surface area contributed by atoms with Crippen LogP contribution in [0.5, 0.6) is 0 Å². The maximum atomic E-state index is 11.5. The molecular weight excluding hydrogens is 272 g/mol. The van der Waals surface area contributed by atoms with Crippen molar-refractivity contribution in [2.24, 2.45) is 0 Å². The molecule has 0 amide bonds. The number of hydrogen-bond donors (Lipinski definition) is 1. The Bertz CT molecular complexity index is 664. The molecule has 2 aromatic rings. The van der Waals surface area contributed by atoms with Gasteiger partial charge in [0.15, 0.2) is 0 Å². The molecule has 0 radical (unpaired) electrons. The number of aliphatic carboxylic acids is 1. The molecule has 0 spiro atoms. The SMILES string of the molecule is CCOC(=O)c1ccc(-c2ccc(/C=C/C(=O)O)o2)cc1. The van der Waals surface area contributed by atoms with Crippen LogP contribution in [0, 0.1) is 0 Å². The van der Waals surface area contributed by atoms with Crippen LogP contribution in [0.25, 0.3) is 17.4 Å². The van der Waals surface area contributed by atoms with Crippen LogP contribution in [0.4, 0.5) is 0 Å². The molecular formula is C16H14O5. The lowest BCUT2D eigenvalue weighted by Crippen LogP contribution is -2.03. The van der Waals surface area contributed by atoms with Gasteiger partial charge in [-0.25, -0.2) is 9.59 Å². The minimum atomic E-state index is -1.04. The first kappa shape index (κ1) is 14.6. The van der Waals surface area contributed by atoms with Crippen molar-refractivity contribution in [3.05, 3.63) is 53.8 Å². The van der Waals surface area contributed by atoms with Gasteiger partial charge in [0.1, 0.15) is 11.5 Å². The van der Waals surface area contributed by atoms with E-state index in [1.807, 2.05) is 0 Å². The van der Waals surface area contributed by atoms with E-state index in [0.717, 1.165) is 11.6 Å². The quantitative estimate of drug-likeness (QED) is 0.674. The van der Waals surface area contributed by atoms with Crippen LogP contribution in [-0.2, 0) is 9.53 Å². The van der Waals surface area contributed by atoms with Crippen molar-refractivity contribution < 1.29 is 23.8 Å². The molecule has 1 heterocycles. The number of hydrogen-bond acceptors (Lipinski definition) is 4. The highest BCUT2D eigenvalue weighted by atomic mass is 16.5. The fourth-order valence-corrected chi connectivity index (χ4v) is 1.74. The highest BCUT2D eigenvalue weighted by Gasteiger charge is 2.08. The van der Waals surface area contributed by atoms with Gasteiger partial charge < -0.3 is 14.3 Å². The van der Waals surface area contributed by atoms with Crippen LogP contribution in [0.1, 0.15) is 23.0 Å². The average molecular weight is 286 g/mol.